The van der Waals surface area contributed by atoms with Gasteiger partial charge in [-0.1, -0.05) is 24.6 Å². The molecular weight excluding hydrogens is 323 g/mol. The van der Waals surface area contributed by atoms with Crippen LogP contribution < -0.4 is 0 Å². The number of benzene rings is 1. The number of halogens is 1. The summed E-state index contributed by atoms with van der Waals surface area (Å²) in [4.78, 5) is 11.4. The Kier molecular flexibility index (Phi) is 6.68. The maximum atomic E-state index is 14.6. The van der Waals surface area contributed by atoms with Crippen molar-refractivity contribution in [2.75, 3.05) is 5.75 Å². The van der Waals surface area contributed by atoms with Gasteiger partial charge in [0.2, 0.25) is 0 Å². The van der Waals surface area contributed by atoms with Crippen molar-refractivity contribution in [1.82, 2.24) is 0 Å². The van der Waals surface area contributed by atoms with Crippen LogP contribution in [-0.2, 0) is 27.4 Å². The van der Waals surface area contributed by atoms with E-state index >= 15 is 0 Å². The fourth-order valence-corrected chi connectivity index (χ4v) is 4.10. The summed E-state index contributed by atoms with van der Waals surface area (Å²) in [5.74, 6) is 0.0634. The molecule has 0 unspecified atom stereocenters. The second-order valence-electron chi connectivity index (χ2n) is 7.99. The molecule has 0 spiro atoms. The molecule has 0 heterocycles. The summed E-state index contributed by atoms with van der Waals surface area (Å²) in [6, 6.07) is 4.80. The first-order chi connectivity index (χ1) is 10.8. The van der Waals surface area contributed by atoms with Gasteiger partial charge in [0, 0.05) is 33.1 Å². The number of Topliss-reactive ketones (excluding diaryl/α,β-unsaturated/α-hetero) is 1. The summed E-state index contributed by atoms with van der Waals surface area (Å²) in [7, 11) is -1.12. The van der Waals surface area contributed by atoms with Crippen LogP contribution in [0.2, 0.25) is 0 Å². The van der Waals surface area contributed by atoms with E-state index < -0.39 is 16.2 Å². The lowest BCUT2D eigenvalue weighted by atomic mass is 9.78. The molecule has 4 heteroatoms. The van der Waals surface area contributed by atoms with Crippen molar-refractivity contribution in [1.29, 1.82) is 0 Å². The normalized spacial score (nSPS) is 15.6. The molecule has 0 radical (unpaired) electrons. The molecular formula is C20H29FO2S. The zero-order valence-electron chi connectivity index (χ0n) is 15.7. The second-order valence-corrected chi connectivity index (χ2v) is 10.2. The zero-order valence-corrected chi connectivity index (χ0v) is 16.5. The zero-order chi connectivity index (χ0) is 18.7. The highest BCUT2D eigenvalue weighted by Gasteiger charge is 2.35. The monoisotopic (exact) mass is 352 g/mol. The molecule has 2 nitrogen and oxygen atoms in total. The van der Waals surface area contributed by atoms with E-state index in [2.05, 4.69) is 6.58 Å². The van der Waals surface area contributed by atoms with Crippen LogP contribution in [0.3, 0.4) is 0 Å². The van der Waals surface area contributed by atoms with Gasteiger partial charge in [-0.15, -0.1) is 6.58 Å². The fourth-order valence-electron chi connectivity index (χ4n) is 2.83. The lowest BCUT2D eigenvalue weighted by Crippen LogP contribution is -2.37. The Labute approximate surface area is 148 Å². The smallest absolute Gasteiger partial charge is 0.134 e. The first-order valence-corrected chi connectivity index (χ1v) is 9.48. The topological polar surface area (TPSA) is 34.1 Å². The van der Waals surface area contributed by atoms with E-state index in [1.54, 1.807) is 12.1 Å². The Hall–Kier alpha value is -1.29. The van der Waals surface area contributed by atoms with Gasteiger partial charge in [-0.3, -0.25) is 9.00 Å². The molecule has 0 saturated carbocycles. The largest absolute Gasteiger partial charge is 0.300 e. The highest BCUT2D eigenvalue weighted by molar-refractivity contribution is 7.86. The summed E-state index contributed by atoms with van der Waals surface area (Å²) in [6.07, 6.45) is 0.827. The molecule has 0 aliphatic carbocycles. The van der Waals surface area contributed by atoms with Crippen LogP contribution in [0.25, 0.3) is 0 Å². The molecule has 1 rings (SSSR count). The van der Waals surface area contributed by atoms with Gasteiger partial charge >= 0.3 is 0 Å². The van der Waals surface area contributed by atoms with E-state index in [0.29, 0.717) is 17.7 Å². The Morgan fingerprint density at radius 3 is 2.25 bits per heavy atom. The maximum absolute atomic E-state index is 14.6. The third-order valence-electron chi connectivity index (χ3n) is 3.96. The van der Waals surface area contributed by atoms with Crippen LogP contribution in [0.1, 0.15) is 59.1 Å². The van der Waals surface area contributed by atoms with Gasteiger partial charge < -0.3 is 0 Å². The number of hydrogen-bond acceptors (Lipinski definition) is 2. The number of hydrogen-bond donors (Lipinski definition) is 0. The van der Waals surface area contributed by atoms with Gasteiger partial charge in [0.1, 0.15) is 11.6 Å². The molecule has 0 bridgehead atoms. The van der Waals surface area contributed by atoms with Crippen molar-refractivity contribution in [2.45, 2.75) is 64.5 Å². The molecule has 0 fully saturated rings. The fraction of sp³-hybridized carbons (Fsp3) is 0.550. The number of carbonyl (C=O) groups excluding carboxylic acids is 1. The number of carbonyl (C=O) groups is 1. The lowest BCUT2D eigenvalue weighted by molar-refractivity contribution is -0.116. The SMILES string of the molecule is C=C(C)C[C@](C)(C[S@](=O)C(C)(C)C)c1cc(CC(C)=O)ccc1F. The summed E-state index contributed by atoms with van der Waals surface area (Å²) in [6.45, 7) is 15.1. The highest BCUT2D eigenvalue weighted by atomic mass is 32.2. The standard InChI is InChI=1S/C20H29FO2S/c1-14(2)12-20(7,13-24(23)19(4,5)6)17-11-16(10-15(3)22)8-9-18(17)21/h8-9,11H,1,10,12-13H2,2-7H3/t20-,24+/m1/s1. The molecule has 1 aromatic rings. The van der Waals surface area contributed by atoms with E-state index in [9.17, 15) is 13.4 Å². The molecule has 2 atom stereocenters. The summed E-state index contributed by atoms with van der Waals surface area (Å²) in [5, 5.41) is 0. The van der Waals surface area contributed by atoms with Crippen LogP contribution >= 0.6 is 0 Å². The average Bonchev–Trinajstić information content (AvgIpc) is 2.38. The quantitative estimate of drug-likeness (QED) is 0.665. The van der Waals surface area contributed by atoms with Crippen molar-refractivity contribution in [2.24, 2.45) is 0 Å². The van der Waals surface area contributed by atoms with Crippen molar-refractivity contribution >= 4 is 16.6 Å². The Bertz CT molecular complexity index is 658. The van der Waals surface area contributed by atoms with Crippen LogP contribution in [0.4, 0.5) is 4.39 Å². The number of rotatable bonds is 7. The lowest BCUT2D eigenvalue weighted by Gasteiger charge is -2.33. The van der Waals surface area contributed by atoms with Gasteiger partial charge in [-0.2, -0.15) is 0 Å². The molecule has 0 aromatic heterocycles. The van der Waals surface area contributed by atoms with Crippen LogP contribution in [0, 0.1) is 5.82 Å². The van der Waals surface area contributed by atoms with Crippen LogP contribution in [0.15, 0.2) is 30.4 Å². The Balaban J connectivity index is 3.36. The second kappa shape index (κ2) is 7.73. The molecule has 24 heavy (non-hydrogen) atoms. The Morgan fingerprint density at radius 1 is 1.21 bits per heavy atom. The minimum absolute atomic E-state index is 0.0347. The van der Waals surface area contributed by atoms with E-state index in [-0.39, 0.29) is 22.8 Å². The van der Waals surface area contributed by atoms with Gasteiger partial charge in [-0.25, -0.2) is 4.39 Å². The van der Waals surface area contributed by atoms with E-state index in [1.807, 2.05) is 34.6 Å². The van der Waals surface area contributed by atoms with Crippen LogP contribution in [-0.4, -0.2) is 20.5 Å². The van der Waals surface area contributed by atoms with Gasteiger partial charge in [-0.05, 0) is 58.2 Å². The van der Waals surface area contributed by atoms with Gasteiger partial charge in [0.15, 0.2) is 0 Å². The van der Waals surface area contributed by atoms with Gasteiger partial charge in [0.05, 0.1) is 0 Å². The summed E-state index contributed by atoms with van der Waals surface area (Å²) < 4.78 is 26.9. The summed E-state index contributed by atoms with van der Waals surface area (Å²) >= 11 is 0. The molecule has 0 N–H and O–H groups in total. The van der Waals surface area contributed by atoms with Crippen molar-refractivity contribution < 1.29 is 13.4 Å². The molecule has 0 aliphatic rings. The number of ketones is 1. The molecule has 1 aromatic carbocycles. The van der Waals surface area contributed by atoms with Crippen molar-refractivity contribution in [3.63, 3.8) is 0 Å². The minimum Gasteiger partial charge on any atom is -0.300 e. The third-order valence-corrected chi connectivity index (χ3v) is 6.22. The first kappa shape index (κ1) is 20.8. The average molecular weight is 353 g/mol. The molecule has 0 saturated heterocycles. The van der Waals surface area contributed by atoms with E-state index in [0.717, 1.165) is 11.1 Å². The molecule has 134 valence electrons. The molecule has 0 amide bonds. The van der Waals surface area contributed by atoms with Crippen molar-refractivity contribution in [3.8, 4) is 0 Å². The maximum Gasteiger partial charge on any atom is 0.134 e. The van der Waals surface area contributed by atoms with E-state index in [1.165, 1.54) is 13.0 Å². The van der Waals surface area contributed by atoms with Crippen molar-refractivity contribution in [3.05, 3.63) is 47.3 Å². The number of allylic oxidation sites excluding steroid dienone is 1. The van der Waals surface area contributed by atoms with Gasteiger partial charge in [0.25, 0.3) is 0 Å². The Morgan fingerprint density at radius 2 is 1.79 bits per heavy atom. The predicted molar refractivity (Wildman–Crippen MR) is 100 cm³/mol. The van der Waals surface area contributed by atoms with Crippen LogP contribution in [0.5, 0.6) is 0 Å². The predicted octanol–water partition coefficient (Wildman–Crippen LogP) is 4.73. The minimum atomic E-state index is -1.12. The third kappa shape index (κ3) is 5.66. The van der Waals surface area contributed by atoms with E-state index in [4.69, 9.17) is 0 Å². The first-order valence-electron chi connectivity index (χ1n) is 8.16. The summed E-state index contributed by atoms with van der Waals surface area (Å²) in [5.41, 5.74) is 1.59. The molecule has 0 aliphatic heterocycles. The highest BCUT2D eigenvalue weighted by Crippen LogP contribution is 2.35.